The molecule has 0 N–H and O–H groups in total. The van der Waals surface area contributed by atoms with Crippen molar-refractivity contribution in [3.63, 3.8) is 0 Å². The minimum atomic E-state index is -0.503. The van der Waals surface area contributed by atoms with Gasteiger partial charge in [0.15, 0.2) is 0 Å². The van der Waals surface area contributed by atoms with Gasteiger partial charge in [0.05, 0.1) is 5.69 Å². The van der Waals surface area contributed by atoms with Crippen molar-refractivity contribution in [1.29, 1.82) is 0 Å². The molecule has 0 fully saturated rings. The van der Waals surface area contributed by atoms with Gasteiger partial charge < -0.3 is 9.15 Å². The Hall–Kier alpha value is -2.64. The van der Waals surface area contributed by atoms with Crippen LogP contribution in [0.1, 0.15) is 21.8 Å². The number of carbonyl (C=O) groups excluding carboxylic acids is 1. The van der Waals surface area contributed by atoms with Gasteiger partial charge in [0, 0.05) is 27.6 Å². The van der Waals surface area contributed by atoms with Gasteiger partial charge >= 0.3 is 5.97 Å². The summed E-state index contributed by atoms with van der Waals surface area (Å²) in [5.74, 6) is 0.106. The number of hydrogen-bond acceptors (Lipinski definition) is 6. The lowest BCUT2D eigenvalue weighted by atomic mass is 10.1. The lowest BCUT2D eigenvalue weighted by Crippen LogP contribution is -2.06. The zero-order valence-corrected chi connectivity index (χ0v) is 16.6. The molecule has 0 aliphatic rings. The average Bonchev–Trinajstić information content (AvgIpc) is 3.32. The topological polar surface area (TPSA) is 52.3 Å². The second-order valence-corrected chi connectivity index (χ2v) is 7.79. The first kappa shape index (κ1) is 18.7. The number of hydrogen-bond donors (Lipinski definition) is 0. The van der Waals surface area contributed by atoms with Crippen LogP contribution < -0.4 is 0 Å². The number of aromatic nitrogens is 1. The molecule has 4 aromatic rings. The second-order valence-electron chi connectivity index (χ2n) is 6.07. The maximum Gasteiger partial charge on any atom is 0.374 e. The first-order valence-corrected chi connectivity index (χ1v) is 10.8. The SMILES string of the molecule is CSCc1c(C(=O)OCc2csc(-c3ccc(F)cc3)n2)oc2ccccc12. The first-order valence-electron chi connectivity index (χ1n) is 8.52. The van der Waals surface area contributed by atoms with Crippen LogP contribution in [0.3, 0.4) is 0 Å². The molecule has 2 heterocycles. The van der Waals surface area contributed by atoms with Crippen molar-refractivity contribution >= 4 is 40.0 Å². The molecule has 0 spiro atoms. The fourth-order valence-corrected chi connectivity index (χ4v) is 4.24. The van der Waals surface area contributed by atoms with E-state index in [1.807, 2.05) is 35.9 Å². The van der Waals surface area contributed by atoms with Crippen LogP contribution in [-0.4, -0.2) is 17.2 Å². The number of nitrogens with zero attached hydrogens (tertiary/aromatic N) is 1. The fourth-order valence-electron chi connectivity index (χ4n) is 2.85. The van der Waals surface area contributed by atoms with Crippen molar-refractivity contribution in [3.8, 4) is 10.6 Å². The van der Waals surface area contributed by atoms with Crippen LogP contribution in [0.15, 0.2) is 58.3 Å². The van der Waals surface area contributed by atoms with E-state index in [-0.39, 0.29) is 18.2 Å². The minimum Gasteiger partial charge on any atom is -0.453 e. The van der Waals surface area contributed by atoms with Gasteiger partial charge in [-0.1, -0.05) is 18.2 Å². The first-order chi connectivity index (χ1) is 13.7. The van der Waals surface area contributed by atoms with Crippen LogP contribution >= 0.6 is 23.1 Å². The number of thioether (sulfide) groups is 1. The van der Waals surface area contributed by atoms with E-state index >= 15 is 0 Å². The molecule has 7 heteroatoms. The Morgan fingerprint density at radius 3 is 2.79 bits per heavy atom. The van der Waals surface area contributed by atoms with Crippen LogP contribution in [0.4, 0.5) is 4.39 Å². The van der Waals surface area contributed by atoms with E-state index in [0.717, 1.165) is 21.5 Å². The molecule has 4 nitrogen and oxygen atoms in total. The summed E-state index contributed by atoms with van der Waals surface area (Å²) in [6.07, 6.45) is 1.98. The molecule has 0 aliphatic carbocycles. The molecule has 2 aromatic carbocycles. The van der Waals surface area contributed by atoms with Crippen molar-refractivity contribution in [1.82, 2.24) is 4.98 Å². The van der Waals surface area contributed by atoms with Gasteiger partial charge in [0.25, 0.3) is 0 Å². The van der Waals surface area contributed by atoms with Gasteiger partial charge in [-0.2, -0.15) is 11.8 Å². The Morgan fingerprint density at radius 2 is 2.00 bits per heavy atom. The van der Waals surface area contributed by atoms with Crippen molar-refractivity contribution in [3.05, 3.63) is 76.7 Å². The molecule has 4 rings (SSSR count). The highest BCUT2D eigenvalue weighted by Gasteiger charge is 2.21. The van der Waals surface area contributed by atoms with Gasteiger partial charge in [-0.25, -0.2) is 14.2 Å². The number of para-hydroxylation sites is 1. The van der Waals surface area contributed by atoms with E-state index in [9.17, 15) is 9.18 Å². The molecule has 0 aliphatic heterocycles. The summed E-state index contributed by atoms with van der Waals surface area (Å²) in [6, 6.07) is 13.7. The predicted molar refractivity (Wildman–Crippen MR) is 110 cm³/mol. The number of rotatable bonds is 6. The second kappa shape index (κ2) is 8.16. The molecular weight excluding hydrogens is 397 g/mol. The van der Waals surface area contributed by atoms with E-state index in [2.05, 4.69) is 4.98 Å². The highest BCUT2D eigenvalue weighted by molar-refractivity contribution is 7.97. The summed E-state index contributed by atoms with van der Waals surface area (Å²) in [5, 5.41) is 3.50. The maximum absolute atomic E-state index is 13.1. The summed E-state index contributed by atoms with van der Waals surface area (Å²) < 4.78 is 24.2. The predicted octanol–water partition coefficient (Wildman–Crippen LogP) is 5.92. The quantitative estimate of drug-likeness (QED) is 0.368. The lowest BCUT2D eigenvalue weighted by molar-refractivity contribution is 0.0433. The van der Waals surface area contributed by atoms with Crippen LogP contribution in [0.25, 0.3) is 21.5 Å². The average molecular weight is 413 g/mol. The number of furan rings is 1. The third-order valence-corrected chi connectivity index (χ3v) is 5.68. The Labute approximate surface area is 169 Å². The molecule has 0 unspecified atom stereocenters. The summed E-state index contributed by atoms with van der Waals surface area (Å²) >= 11 is 3.04. The summed E-state index contributed by atoms with van der Waals surface area (Å²) in [5.41, 5.74) is 2.98. The summed E-state index contributed by atoms with van der Waals surface area (Å²) in [7, 11) is 0. The van der Waals surface area contributed by atoms with Gasteiger partial charge in [0.2, 0.25) is 5.76 Å². The number of carbonyl (C=O) groups is 1. The third-order valence-electron chi connectivity index (χ3n) is 4.17. The van der Waals surface area contributed by atoms with Crippen molar-refractivity contribution < 1.29 is 18.3 Å². The number of halogens is 1. The molecule has 142 valence electrons. The molecule has 0 atom stereocenters. The van der Waals surface area contributed by atoms with Crippen molar-refractivity contribution in [2.75, 3.05) is 6.26 Å². The minimum absolute atomic E-state index is 0.0479. The Kier molecular flexibility index (Phi) is 5.45. The van der Waals surface area contributed by atoms with Gasteiger partial charge in [-0.15, -0.1) is 11.3 Å². The fraction of sp³-hybridized carbons (Fsp3) is 0.143. The molecule has 28 heavy (non-hydrogen) atoms. The number of benzene rings is 2. The van der Waals surface area contributed by atoms with E-state index in [0.29, 0.717) is 17.0 Å². The molecule has 0 saturated carbocycles. The maximum atomic E-state index is 13.1. The van der Waals surface area contributed by atoms with E-state index < -0.39 is 5.97 Å². The Bertz CT molecular complexity index is 1120. The largest absolute Gasteiger partial charge is 0.453 e. The van der Waals surface area contributed by atoms with Crippen molar-refractivity contribution in [2.24, 2.45) is 0 Å². The van der Waals surface area contributed by atoms with E-state index in [1.165, 1.54) is 23.5 Å². The standard InChI is InChI=1S/C21H16FNO3S2/c1-27-12-17-16-4-2-3-5-18(16)26-19(17)21(24)25-10-15-11-28-20(23-15)13-6-8-14(22)9-7-13/h2-9,11H,10,12H2,1H3. The van der Waals surface area contributed by atoms with Gasteiger partial charge in [-0.3, -0.25) is 0 Å². The molecular formula is C21H16FNO3S2. The number of ether oxygens (including phenoxy) is 1. The summed E-state index contributed by atoms with van der Waals surface area (Å²) in [6.45, 7) is 0.0479. The number of fused-ring (bicyclic) bond motifs is 1. The molecule has 2 aromatic heterocycles. The van der Waals surface area contributed by atoms with E-state index in [1.54, 1.807) is 23.9 Å². The zero-order chi connectivity index (χ0) is 19.5. The van der Waals surface area contributed by atoms with Crippen LogP contribution in [0.5, 0.6) is 0 Å². The number of esters is 1. The van der Waals surface area contributed by atoms with Crippen molar-refractivity contribution in [2.45, 2.75) is 12.4 Å². The van der Waals surface area contributed by atoms with Gasteiger partial charge in [0.1, 0.15) is 23.0 Å². The highest BCUT2D eigenvalue weighted by atomic mass is 32.2. The molecule has 0 radical (unpaired) electrons. The molecule has 0 saturated heterocycles. The zero-order valence-electron chi connectivity index (χ0n) is 15.0. The summed E-state index contributed by atoms with van der Waals surface area (Å²) in [4.78, 5) is 17.1. The molecule has 0 amide bonds. The lowest BCUT2D eigenvalue weighted by Gasteiger charge is -2.03. The normalized spacial score (nSPS) is 11.1. The number of thiazole rings is 1. The Balaban J connectivity index is 1.50. The monoisotopic (exact) mass is 413 g/mol. The van der Waals surface area contributed by atoms with Gasteiger partial charge in [-0.05, 0) is 36.6 Å². The van der Waals surface area contributed by atoms with Crippen LogP contribution in [0.2, 0.25) is 0 Å². The smallest absolute Gasteiger partial charge is 0.374 e. The van der Waals surface area contributed by atoms with Crippen LogP contribution in [0, 0.1) is 5.82 Å². The van der Waals surface area contributed by atoms with Crippen LogP contribution in [-0.2, 0) is 17.1 Å². The van der Waals surface area contributed by atoms with E-state index in [4.69, 9.17) is 9.15 Å². The highest BCUT2D eigenvalue weighted by Crippen LogP contribution is 2.30. The Morgan fingerprint density at radius 1 is 1.21 bits per heavy atom. The molecule has 0 bridgehead atoms. The third kappa shape index (κ3) is 3.81.